The summed E-state index contributed by atoms with van der Waals surface area (Å²) in [6.07, 6.45) is 1.02. The van der Waals surface area contributed by atoms with Crippen molar-refractivity contribution >= 4 is 5.71 Å². The zero-order chi connectivity index (χ0) is 14.0. The highest BCUT2D eigenvalue weighted by Crippen LogP contribution is 2.40. The van der Waals surface area contributed by atoms with Crippen molar-refractivity contribution in [2.75, 3.05) is 0 Å². The molecule has 0 spiro atoms. The van der Waals surface area contributed by atoms with E-state index in [1.807, 2.05) is 38.1 Å². The molecule has 3 heteroatoms. The van der Waals surface area contributed by atoms with E-state index >= 15 is 0 Å². The zero-order valence-corrected chi connectivity index (χ0v) is 11.4. The van der Waals surface area contributed by atoms with Crippen LogP contribution in [0.15, 0.2) is 54.3 Å². The summed E-state index contributed by atoms with van der Waals surface area (Å²) in [7, 11) is 0. The molecule has 2 rings (SSSR count). The number of hydrogen-bond acceptors (Lipinski definition) is 2. The largest absolute Gasteiger partial charge is 0.259 e. The number of hydrogen-bond donors (Lipinski definition) is 0. The Morgan fingerprint density at radius 3 is 2.79 bits per heavy atom. The molecular formula is C16H19FN2. The first-order valence-corrected chi connectivity index (χ1v) is 6.40. The molecule has 1 heterocycles. The molecule has 0 bridgehead atoms. The van der Waals surface area contributed by atoms with E-state index in [-0.39, 0.29) is 6.04 Å². The normalized spacial score (nSPS) is 23.8. The van der Waals surface area contributed by atoms with E-state index in [0.29, 0.717) is 12.1 Å². The zero-order valence-electron chi connectivity index (χ0n) is 11.4. The lowest BCUT2D eigenvalue weighted by Gasteiger charge is -2.24. The Morgan fingerprint density at radius 2 is 2.16 bits per heavy atom. The summed E-state index contributed by atoms with van der Waals surface area (Å²) in [5.74, 6) is 0. The van der Waals surface area contributed by atoms with Crippen molar-refractivity contribution in [2.24, 2.45) is 5.10 Å². The van der Waals surface area contributed by atoms with Crippen molar-refractivity contribution in [1.82, 2.24) is 5.01 Å². The fourth-order valence-electron chi connectivity index (χ4n) is 2.34. The average molecular weight is 258 g/mol. The fourth-order valence-corrected chi connectivity index (χ4v) is 2.34. The van der Waals surface area contributed by atoms with Gasteiger partial charge in [-0.1, -0.05) is 37.4 Å². The molecule has 0 radical (unpaired) electrons. The summed E-state index contributed by atoms with van der Waals surface area (Å²) in [4.78, 5) is 0. The molecule has 19 heavy (non-hydrogen) atoms. The maximum Gasteiger partial charge on any atom is 0.143 e. The Hall–Kier alpha value is -1.90. The molecule has 1 fully saturated rings. The quantitative estimate of drug-likeness (QED) is 0.743. The summed E-state index contributed by atoms with van der Waals surface area (Å²) < 4.78 is 14.0. The molecule has 2 unspecified atom stereocenters. The van der Waals surface area contributed by atoms with Crippen molar-refractivity contribution in [3.05, 3.63) is 60.3 Å². The predicted octanol–water partition coefficient (Wildman–Crippen LogP) is 4.16. The van der Waals surface area contributed by atoms with Crippen LogP contribution in [0.25, 0.3) is 0 Å². The second-order valence-electron chi connectivity index (χ2n) is 4.86. The lowest BCUT2D eigenvalue weighted by molar-refractivity contribution is 0.314. The number of nitrogens with zero attached hydrogens (tertiary/aromatic N) is 2. The molecule has 1 aliphatic heterocycles. The minimum Gasteiger partial charge on any atom is -0.259 e. The smallest absolute Gasteiger partial charge is 0.143 e. The van der Waals surface area contributed by atoms with Gasteiger partial charge in [0.15, 0.2) is 0 Å². The molecule has 0 amide bonds. The number of alkyl halides is 1. The average Bonchev–Trinajstić information content (AvgIpc) is 2.67. The first kappa shape index (κ1) is 13.5. The Morgan fingerprint density at radius 1 is 1.47 bits per heavy atom. The molecule has 0 saturated carbocycles. The van der Waals surface area contributed by atoms with Crippen molar-refractivity contribution in [1.29, 1.82) is 0 Å². The summed E-state index contributed by atoms with van der Waals surface area (Å²) in [6, 6.07) is 7.93. The van der Waals surface area contributed by atoms with Gasteiger partial charge in [0.1, 0.15) is 6.17 Å². The van der Waals surface area contributed by atoms with E-state index in [4.69, 9.17) is 0 Å². The summed E-state index contributed by atoms with van der Waals surface area (Å²) in [6.45, 7) is 11.4. The van der Waals surface area contributed by atoms with E-state index in [0.717, 1.165) is 16.8 Å². The highest BCUT2D eigenvalue weighted by molar-refractivity contribution is 5.92. The van der Waals surface area contributed by atoms with Crippen LogP contribution in [0.4, 0.5) is 4.39 Å². The summed E-state index contributed by atoms with van der Waals surface area (Å²) in [5, 5.41) is 6.12. The number of hydrazone groups is 1. The SMILES string of the molecule is C=C/C(C)=N/N1C(=C)C(F)CC1c1ccccc1C. The van der Waals surface area contributed by atoms with E-state index in [1.165, 1.54) is 0 Å². The van der Waals surface area contributed by atoms with Gasteiger partial charge in [-0.05, 0) is 31.1 Å². The topological polar surface area (TPSA) is 15.6 Å². The van der Waals surface area contributed by atoms with Gasteiger partial charge < -0.3 is 0 Å². The van der Waals surface area contributed by atoms with Crippen LogP contribution < -0.4 is 0 Å². The number of rotatable bonds is 3. The fraction of sp³-hybridized carbons (Fsp3) is 0.312. The van der Waals surface area contributed by atoms with Crippen LogP contribution in [-0.2, 0) is 0 Å². The highest BCUT2D eigenvalue weighted by Gasteiger charge is 2.36. The van der Waals surface area contributed by atoms with Gasteiger partial charge in [-0.2, -0.15) is 5.10 Å². The van der Waals surface area contributed by atoms with Crippen LogP contribution >= 0.6 is 0 Å². The minimum atomic E-state index is -1.04. The standard InChI is InChI=1S/C16H19FN2/c1-5-12(3)18-19-13(4)15(17)10-16(19)14-9-7-6-8-11(14)2/h5-9,15-16H,1,4,10H2,2-3H3/b18-12+. The van der Waals surface area contributed by atoms with Crippen LogP contribution in [0.5, 0.6) is 0 Å². The Balaban J connectivity index is 2.41. The molecule has 0 aliphatic carbocycles. The molecule has 2 atom stereocenters. The Bertz CT molecular complexity index is 533. The molecule has 1 aromatic rings. The molecule has 0 aromatic heterocycles. The first-order chi connectivity index (χ1) is 9.04. The van der Waals surface area contributed by atoms with Crippen LogP contribution in [0.1, 0.15) is 30.5 Å². The van der Waals surface area contributed by atoms with Crippen LogP contribution in [-0.4, -0.2) is 16.9 Å². The van der Waals surface area contributed by atoms with E-state index < -0.39 is 6.17 Å². The van der Waals surface area contributed by atoms with E-state index in [9.17, 15) is 4.39 Å². The maximum atomic E-state index is 14.0. The van der Waals surface area contributed by atoms with Crippen LogP contribution in [0.2, 0.25) is 0 Å². The third-order valence-corrected chi connectivity index (χ3v) is 3.49. The number of aryl methyl sites for hydroxylation is 1. The lowest BCUT2D eigenvalue weighted by Crippen LogP contribution is -2.18. The van der Waals surface area contributed by atoms with Crippen molar-refractivity contribution < 1.29 is 4.39 Å². The molecule has 1 aliphatic rings. The molecular weight excluding hydrogens is 239 g/mol. The van der Waals surface area contributed by atoms with Crippen molar-refractivity contribution in [3.8, 4) is 0 Å². The number of benzene rings is 1. The number of allylic oxidation sites excluding steroid dienone is 2. The van der Waals surface area contributed by atoms with Gasteiger partial charge in [0.05, 0.1) is 17.5 Å². The van der Waals surface area contributed by atoms with E-state index in [2.05, 4.69) is 18.3 Å². The van der Waals surface area contributed by atoms with Gasteiger partial charge in [0, 0.05) is 6.42 Å². The van der Waals surface area contributed by atoms with Crippen molar-refractivity contribution in [2.45, 2.75) is 32.5 Å². The summed E-state index contributed by atoms with van der Waals surface area (Å²) in [5.41, 5.74) is 3.43. The molecule has 2 nitrogen and oxygen atoms in total. The van der Waals surface area contributed by atoms with Crippen molar-refractivity contribution in [3.63, 3.8) is 0 Å². The maximum absolute atomic E-state index is 14.0. The lowest BCUT2D eigenvalue weighted by atomic mass is 10.00. The molecule has 1 saturated heterocycles. The van der Waals surface area contributed by atoms with Gasteiger partial charge >= 0.3 is 0 Å². The third kappa shape index (κ3) is 2.60. The number of halogens is 1. The predicted molar refractivity (Wildman–Crippen MR) is 77.7 cm³/mol. The first-order valence-electron chi connectivity index (χ1n) is 6.40. The molecule has 0 N–H and O–H groups in total. The minimum absolute atomic E-state index is 0.0846. The van der Waals surface area contributed by atoms with Crippen LogP contribution in [0, 0.1) is 6.92 Å². The van der Waals surface area contributed by atoms with Gasteiger partial charge in [0.25, 0.3) is 0 Å². The highest BCUT2D eigenvalue weighted by atomic mass is 19.1. The van der Waals surface area contributed by atoms with Gasteiger partial charge in [-0.25, -0.2) is 4.39 Å². The van der Waals surface area contributed by atoms with Gasteiger partial charge in [0.2, 0.25) is 0 Å². The molecule has 1 aromatic carbocycles. The Labute approximate surface area is 113 Å². The molecule has 100 valence electrons. The van der Waals surface area contributed by atoms with Gasteiger partial charge in [-0.15, -0.1) is 0 Å². The Kier molecular flexibility index (Phi) is 3.84. The van der Waals surface area contributed by atoms with Crippen LogP contribution in [0.3, 0.4) is 0 Å². The monoisotopic (exact) mass is 258 g/mol. The second-order valence-corrected chi connectivity index (χ2v) is 4.86. The second kappa shape index (κ2) is 5.39. The summed E-state index contributed by atoms with van der Waals surface area (Å²) >= 11 is 0. The van der Waals surface area contributed by atoms with E-state index in [1.54, 1.807) is 11.1 Å². The third-order valence-electron chi connectivity index (χ3n) is 3.49. The van der Waals surface area contributed by atoms with Gasteiger partial charge in [-0.3, -0.25) is 5.01 Å².